The maximum Gasteiger partial charge on any atom is 0.223 e. The van der Waals surface area contributed by atoms with Gasteiger partial charge in [-0.1, -0.05) is 13.8 Å². The highest BCUT2D eigenvalue weighted by molar-refractivity contribution is 5.79. The van der Waals surface area contributed by atoms with Crippen molar-refractivity contribution in [3.63, 3.8) is 0 Å². The molecule has 1 aromatic rings. The molecular weight excluding hydrogens is 292 g/mol. The molecule has 0 spiro atoms. The smallest absolute Gasteiger partial charge is 0.223 e. The van der Waals surface area contributed by atoms with Crippen LogP contribution in [0.15, 0.2) is 0 Å². The van der Waals surface area contributed by atoms with E-state index in [1.165, 1.54) is 0 Å². The molecule has 1 rings (SSSR count). The lowest BCUT2D eigenvalue weighted by Crippen LogP contribution is -2.38. The molecule has 1 N–H and O–H groups in total. The molecule has 0 aliphatic rings. The summed E-state index contributed by atoms with van der Waals surface area (Å²) in [6.07, 6.45) is 1.74. The number of ether oxygens (including phenoxy) is 1. The van der Waals surface area contributed by atoms with Gasteiger partial charge in [0.25, 0.3) is 0 Å². The molecule has 0 unspecified atom stereocenters. The van der Waals surface area contributed by atoms with Crippen LogP contribution in [0.1, 0.15) is 50.6 Å². The lowest BCUT2D eigenvalue weighted by molar-refractivity contribution is -0.125. The van der Waals surface area contributed by atoms with Crippen LogP contribution in [0.3, 0.4) is 0 Å². The van der Waals surface area contributed by atoms with Crippen LogP contribution < -0.4 is 5.32 Å². The van der Waals surface area contributed by atoms with Crippen molar-refractivity contribution >= 4 is 5.91 Å². The number of hydrogen-bond donors (Lipinski definition) is 1. The summed E-state index contributed by atoms with van der Waals surface area (Å²) in [6, 6.07) is 2.04. The monoisotopic (exact) mass is 320 g/mol. The topological polar surface area (TPSA) is 79.9 Å². The third kappa shape index (κ3) is 5.36. The Hall–Kier alpha value is -1.87. The van der Waals surface area contributed by atoms with Crippen LogP contribution in [0.5, 0.6) is 0 Å². The Bertz CT molecular complexity index is 560. The summed E-state index contributed by atoms with van der Waals surface area (Å²) in [7, 11) is 0. The Kier molecular flexibility index (Phi) is 7.76. The average Bonchev–Trinajstić information content (AvgIpc) is 2.79. The summed E-state index contributed by atoms with van der Waals surface area (Å²) in [4.78, 5) is 12.3. The van der Waals surface area contributed by atoms with Crippen molar-refractivity contribution in [3.05, 3.63) is 17.0 Å². The lowest BCUT2D eigenvalue weighted by atomic mass is 9.98. The Labute approximate surface area is 138 Å². The fourth-order valence-corrected chi connectivity index (χ4v) is 2.48. The summed E-state index contributed by atoms with van der Waals surface area (Å²) in [6.45, 7) is 10.9. The predicted octanol–water partition coefficient (Wildman–Crippen LogP) is 2.48. The summed E-state index contributed by atoms with van der Waals surface area (Å²) >= 11 is 0. The number of nitrogens with one attached hydrogen (secondary N) is 1. The van der Waals surface area contributed by atoms with Gasteiger partial charge in [0.05, 0.1) is 18.2 Å². The number of aryl methyl sites for hydroxylation is 1. The molecular formula is C17H28N4O2. The third-order valence-electron chi connectivity index (χ3n) is 4.08. The largest absolute Gasteiger partial charge is 0.360 e. The van der Waals surface area contributed by atoms with Crippen LogP contribution in [-0.2, 0) is 22.7 Å². The van der Waals surface area contributed by atoms with Gasteiger partial charge in [-0.2, -0.15) is 10.4 Å². The van der Waals surface area contributed by atoms with Crippen LogP contribution in [-0.4, -0.2) is 28.3 Å². The zero-order valence-corrected chi connectivity index (χ0v) is 14.8. The van der Waals surface area contributed by atoms with Gasteiger partial charge in [-0.3, -0.25) is 4.79 Å². The number of nitrogens with zero attached hydrogens (tertiary/aromatic N) is 3. The standard InChI is InChI=1S/C17H28N4O2/c1-6-15(8-9-18)19-17(22)12(3)10-16-13(4)20-21(14(16)5)11-23-7-2/h12,15H,6-8,10-11H2,1-5H3,(H,19,22)/t12-,15-/m1/s1. The molecule has 0 fully saturated rings. The van der Waals surface area contributed by atoms with E-state index < -0.39 is 0 Å². The van der Waals surface area contributed by atoms with Crippen molar-refractivity contribution in [2.45, 2.75) is 66.7 Å². The number of carbonyl (C=O) groups excluding carboxylic acids is 1. The molecule has 1 heterocycles. The van der Waals surface area contributed by atoms with Crippen LogP contribution in [0.4, 0.5) is 0 Å². The fraction of sp³-hybridized carbons (Fsp3) is 0.706. The minimum atomic E-state index is -0.162. The van der Waals surface area contributed by atoms with E-state index in [4.69, 9.17) is 10.00 Å². The summed E-state index contributed by atoms with van der Waals surface area (Å²) in [5, 5.41) is 16.2. The van der Waals surface area contributed by atoms with Crippen molar-refractivity contribution in [2.24, 2.45) is 5.92 Å². The highest BCUT2D eigenvalue weighted by Crippen LogP contribution is 2.18. The molecule has 0 aliphatic heterocycles. The molecule has 0 saturated heterocycles. The van der Waals surface area contributed by atoms with Gasteiger partial charge in [-0.25, -0.2) is 4.68 Å². The normalized spacial score (nSPS) is 13.4. The van der Waals surface area contributed by atoms with E-state index in [2.05, 4.69) is 16.5 Å². The number of hydrogen-bond acceptors (Lipinski definition) is 4. The number of rotatable bonds is 9. The summed E-state index contributed by atoms with van der Waals surface area (Å²) in [5.41, 5.74) is 3.08. The van der Waals surface area contributed by atoms with Crippen LogP contribution in [0, 0.1) is 31.1 Å². The number of nitriles is 1. The van der Waals surface area contributed by atoms with Crippen LogP contribution in [0.2, 0.25) is 0 Å². The van der Waals surface area contributed by atoms with E-state index in [-0.39, 0.29) is 17.9 Å². The summed E-state index contributed by atoms with van der Waals surface area (Å²) in [5.74, 6) is -0.173. The lowest BCUT2D eigenvalue weighted by Gasteiger charge is -2.18. The van der Waals surface area contributed by atoms with Crippen molar-refractivity contribution in [1.82, 2.24) is 15.1 Å². The van der Waals surface area contributed by atoms with Gasteiger partial charge in [0, 0.05) is 24.3 Å². The molecule has 23 heavy (non-hydrogen) atoms. The molecule has 1 amide bonds. The van der Waals surface area contributed by atoms with Crippen LogP contribution >= 0.6 is 0 Å². The Morgan fingerprint density at radius 2 is 2.13 bits per heavy atom. The predicted molar refractivity (Wildman–Crippen MR) is 88.6 cm³/mol. The van der Waals surface area contributed by atoms with Crippen molar-refractivity contribution in [1.29, 1.82) is 5.26 Å². The van der Waals surface area contributed by atoms with Gasteiger partial charge < -0.3 is 10.1 Å². The SMILES string of the molecule is CCOCn1nc(C)c(C[C@@H](C)C(=O)N[C@H](CC)CC#N)c1C. The van der Waals surface area contributed by atoms with Crippen molar-refractivity contribution in [2.75, 3.05) is 6.61 Å². The number of carbonyl (C=O) groups is 1. The van der Waals surface area contributed by atoms with Gasteiger partial charge in [-0.05, 0) is 39.2 Å². The maximum atomic E-state index is 12.3. The highest BCUT2D eigenvalue weighted by atomic mass is 16.5. The second-order valence-corrected chi connectivity index (χ2v) is 5.85. The third-order valence-corrected chi connectivity index (χ3v) is 4.08. The second kappa shape index (κ2) is 9.31. The van der Waals surface area contributed by atoms with Gasteiger partial charge in [0.2, 0.25) is 5.91 Å². The Morgan fingerprint density at radius 1 is 1.43 bits per heavy atom. The van der Waals surface area contributed by atoms with Crippen molar-refractivity contribution < 1.29 is 9.53 Å². The van der Waals surface area contributed by atoms with Gasteiger partial charge in [0.15, 0.2) is 0 Å². The molecule has 6 heteroatoms. The van der Waals surface area contributed by atoms with E-state index in [0.717, 1.165) is 23.4 Å². The molecule has 2 atom stereocenters. The molecule has 0 aliphatic carbocycles. The minimum Gasteiger partial charge on any atom is -0.360 e. The maximum absolute atomic E-state index is 12.3. The molecule has 0 saturated carbocycles. The first-order valence-corrected chi connectivity index (χ1v) is 8.22. The first-order valence-electron chi connectivity index (χ1n) is 8.22. The molecule has 128 valence electrons. The second-order valence-electron chi connectivity index (χ2n) is 5.85. The van der Waals surface area contributed by atoms with Crippen LogP contribution in [0.25, 0.3) is 0 Å². The zero-order valence-electron chi connectivity index (χ0n) is 14.8. The van der Waals surface area contributed by atoms with E-state index in [1.807, 2.05) is 39.3 Å². The van der Waals surface area contributed by atoms with E-state index in [9.17, 15) is 4.79 Å². The van der Waals surface area contributed by atoms with Crippen molar-refractivity contribution in [3.8, 4) is 6.07 Å². The zero-order chi connectivity index (χ0) is 17.4. The molecule has 0 radical (unpaired) electrons. The van der Waals surface area contributed by atoms with E-state index in [1.54, 1.807) is 0 Å². The summed E-state index contributed by atoms with van der Waals surface area (Å²) < 4.78 is 7.24. The Morgan fingerprint density at radius 3 is 2.70 bits per heavy atom. The van der Waals surface area contributed by atoms with E-state index in [0.29, 0.717) is 26.2 Å². The molecule has 6 nitrogen and oxygen atoms in total. The first kappa shape index (κ1) is 19.2. The van der Waals surface area contributed by atoms with E-state index >= 15 is 0 Å². The molecule has 0 bridgehead atoms. The number of amides is 1. The Balaban J connectivity index is 2.73. The number of aromatic nitrogens is 2. The van der Waals surface area contributed by atoms with Gasteiger partial charge in [0.1, 0.15) is 6.73 Å². The fourth-order valence-electron chi connectivity index (χ4n) is 2.48. The quantitative estimate of drug-likeness (QED) is 0.758. The average molecular weight is 320 g/mol. The van der Waals surface area contributed by atoms with Gasteiger partial charge >= 0.3 is 0 Å². The van der Waals surface area contributed by atoms with Gasteiger partial charge in [-0.15, -0.1) is 0 Å². The molecule has 0 aromatic carbocycles. The highest BCUT2D eigenvalue weighted by Gasteiger charge is 2.21. The first-order chi connectivity index (χ1) is 10.9. The molecule has 1 aromatic heterocycles. The minimum absolute atomic E-state index is 0.0107.